The molecule has 1 atom stereocenters. The van der Waals surface area contributed by atoms with Gasteiger partial charge in [0.1, 0.15) is 11.8 Å². The molecule has 8 heteroatoms. The first-order chi connectivity index (χ1) is 16.9. The number of benzene rings is 2. The molecule has 0 spiro atoms. The Balaban J connectivity index is 1.55. The molecule has 1 saturated heterocycles. The lowest BCUT2D eigenvalue weighted by Gasteiger charge is -2.35. The molecule has 2 aromatic carbocycles. The molecule has 0 bridgehead atoms. The molecule has 2 aliphatic rings. The Bertz CT molecular complexity index is 1060. The molecular weight excluding hydrogens is 446 g/mol. The van der Waals surface area contributed by atoms with Gasteiger partial charge in [0.05, 0.1) is 12.1 Å². The van der Waals surface area contributed by atoms with Crippen LogP contribution in [0.5, 0.6) is 5.75 Å². The first kappa shape index (κ1) is 24.4. The SMILES string of the molecule is CC(=O)Nc1ccc(N2C(=O)CC(N(C(=O)COc3ccccc3)C3CCCCCC3)C2=O)cc1. The molecular formula is C27H31N3O5. The highest BCUT2D eigenvalue weighted by molar-refractivity contribution is 6.23. The number of ether oxygens (including phenoxy) is 1. The number of nitrogens with one attached hydrogen (secondary N) is 1. The molecule has 184 valence electrons. The fraction of sp³-hybridized carbons (Fsp3) is 0.407. The second-order valence-electron chi connectivity index (χ2n) is 9.06. The minimum absolute atomic E-state index is 0.0557. The van der Waals surface area contributed by atoms with Gasteiger partial charge in [0.2, 0.25) is 11.8 Å². The number of carbonyl (C=O) groups excluding carboxylic acids is 4. The molecule has 0 aromatic heterocycles. The van der Waals surface area contributed by atoms with Gasteiger partial charge < -0.3 is 15.0 Å². The van der Waals surface area contributed by atoms with Crippen molar-refractivity contribution in [2.45, 2.75) is 64.0 Å². The Labute approximate surface area is 205 Å². The Morgan fingerprint density at radius 2 is 1.63 bits per heavy atom. The van der Waals surface area contributed by atoms with Crippen LogP contribution in [0.4, 0.5) is 11.4 Å². The van der Waals surface area contributed by atoms with E-state index in [1.165, 1.54) is 6.92 Å². The van der Waals surface area contributed by atoms with Crippen LogP contribution in [0.15, 0.2) is 54.6 Å². The van der Waals surface area contributed by atoms with Crippen molar-refractivity contribution in [1.82, 2.24) is 4.90 Å². The summed E-state index contributed by atoms with van der Waals surface area (Å²) in [6.07, 6.45) is 5.72. The lowest BCUT2D eigenvalue weighted by molar-refractivity contribution is -0.143. The zero-order valence-corrected chi connectivity index (χ0v) is 19.9. The number of rotatable bonds is 7. The third kappa shape index (κ3) is 5.88. The van der Waals surface area contributed by atoms with Gasteiger partial charge in [-0.3, -0.25) is 19.2 Å². The van der Waals surface area contributed by atoms with E-state index in [0.717, 1.165) is 43.4 Å². The Morgan fingerprint density at radius 3 is 2.26 bits per heavy atom. The number of para-hydroxylation sites is 1. The molecule has 0 radical (unpaired) electrons. The number of carbonyl (C=O) groups is 4. The van der Waals surface area contributed by atoms with Crippen LogP contribution in [0, 0.1) is 0 Å². The molecule has 4 amide bonds. The van der Waals surface area contributed by atoms with Gasteiger partial charge in [0.15, 0.2) is 6.61 Å². The summed E-state index contributed by atoms with van der Waals surface area (Å²) in [4.78, 5) is 54.0. The summed E-state index contributed by atoms with van der Waals surface area (Å²) in [6.45, 7) is 1.22. The molecule has 1 saturated carbocycles. The van der Waals surface area contributed by atoms with Gasteiger partial charge in [-0.1, -0.05) is 43.9 Å². The quantitative estimate of drug-likeness (QED) is 0.482. The number of hydrogen-bond donors (Lipinski definition) is 1. The van der Waals surface area contributed by atoms with E-state index < -0.39 is 11.9 Å². The Kier molecular flexibility index (Phi) is 7.80. The molecule has 1 N–H and O–H groups in total. The van der Waals surface area contributed by atoms with Gasteiger partial charge in [-0.15, -0.1) is 0 Å². The highest BCUT2D eigenvalue weighted by Crippen LogP contribution is 2.31. The van der Waals surface area contributed by atoms with Crippen LogP contribution >= 0.6 is 0 Å². The number of anilines is 2. The van der Waals surface area contributed by atoms with E-state index in [-0.39, 0.29) is 36.8 Å². The smallest absolute Gasteiger partial charge is 0.261 e. The van der Waals surface area contributed by atoms with Crippen molar-refractivity contribution in [3.63, 3.8) is 0 Å². The van der Waals surface area contributed by atoms with Gasteiger partial charge in [-0.05, 0) is 49.2 Å². The second-order valence-corrected chi connectivity index (χ2v) is 9.06. The van der Waals surface area contributed by atoms with E-state index in [2.05, 4.69) is 5.32 Å². The van der Waals surface area contributed by atoms with E-state index >= 15 is 0 Å². The van der Waals surface area contributed by atoms with Crippen LogP contribution in [-0.2, 0) is 19.2 Å². The monoisotopic (exact) mass is 477 g/mol. The summed E-state index contributed by atoms with van der Waals surface area (Å²) in [5, 5.41) is 2.67. The minimum Gasteiger partial charge on any atom is -0.484 e. The average Bonchev–Trinajstić information content (AvgIpc) is 3.00. The first-order valence-corrected chi connectivity index (χ1v) is 12.2. The number of imide groups is 1. The highest BCUT2D eigenvalue weighted by atomic mass is 16.5. The lowest BCUT2D eigenvalue weighted by Crippen LogP contribution is -2.52. The molecule has 1 unspecified atom stereocenters. The average molecular weight is 478 g/mol. The van der Waals surface area contributed by atoms with Crippen LogP contribution < -0.4 is 15.0 Å². The van der Waals surface area contributed by atoms with E-state index in [1.54, 1.807) is 41.3 Å². The third-order valence-corrected chi connectivity index (χ3v) is 6.52. The maximum atomic E-state index is 13.5. The maximum Gasteiger partial charge on any atom is 0.261 e. The zero-order valence-electron chi connectivity index (χ0n) is 19.9. The molecule has 1 aliphatic heterocycles. The van der Waals surface area contributed by atoms with Crippen LogP contribution in [-0.4, -0.2) is 47.2 Å². The van der Waals surface area contributed by atoms with Gasteiger partial charge in [-0.25, -0.2) is 4.90 Å². The summed E-state index contributed by atoms with van der Waals surface area (Å²) in [7, 11) is 0. The van der Waals surface area contributed by atoms with Crippen LogP contribution in [0.1, 0.15) is 51.9 Å². The number of nitrogens with zero attached hydrogens (tertiary/aromatic N) is 2. The summed E-state index contributed by atoms with van der Waals surface area (Å²) in [5.74, 6) is -0.658. The van der Waals surface area contributed by atoms with Gasteiger partial charge >= 0.3 is 0 Å². The fourth-order valence-corrected chi connectivity index (χ4v) is 4.91. The van der Waals surface area contributed by atoms with Crippen molar-refractivity contribution in [1.29, 1.82) is 0 Å². The highest BCUT2D eigenvalue weighted by Gasteiger charge is 2.46. The van der Waals surface area contributed by atoms with E-state index in [1.807, 2.05) is 18.2 Å². The molecule has 1 aliphatic carbocycles. The third-order valence-electron chi connectivity index (χ3n) is 6.52. The van der Waals surface area contributed by atoms with Crippen molar-refractivity contribution in [3.8, 4) is 5.75 Å². The summed E-state index contributed by atoms with van der Waals surface area (Å²) in [6, 6.07) is 14.7. The molecule has 2 aromatic rings. The van der Waals surface area contributed by atoms with Crippen LogP contribution in [0.3, 0.4) is 0 Å². The molecule has 1 heterocycles. The standard InChI is InChI=1S/C27H31N3O5/c1-19(31)28-20-13-15-22(16-14-20)30-25(32)17-24(27(30)34)29(21-9-5-2-3-6-10-21)26(33)18-35-23-11-7-4-8-12-23/h4,7-8,11-16,21,24H,2-3,5-6,9-10,17-18H2,1H3,(H,28,31). The summed E-state index contributed by atoms with van der Waals surface area (Å²) < 4.78 is 5.71. The molecule has 2 fully saturated rings. The van der Waals surface area contributed by atoms with Crippen molar-refractivity contribution in [3.05, 3.63) is 54.6 Å². The van der Waals surface area contributed by atoms with E-state index in [0.29, 0.717) is 17.1 Å². The Morgan fingerprint density at radius 1 is 0.971 bits per heavy atom. The second kappa shape index (κ2) is 11.2. The predicted molar refractivity (Wildman–Crippen MR) is 132 cm³/mol. The van der Waals surface area contributed by atoms with Crippen molar-refractivity contribution >= 4 is 35.0 Å². The van der Waals surface area contributed by atoms with Crippen molar-refractivity contribution in [2.24, 2.45) is 0 Å². The maximum absolute atomic E-state index is 13.5. The topological polar surface area (TPSA) is 96.0 Å². The van der Waals surface area contributed by atoms with Crippen molar-refractivity contribution in [2.75, 3.05) is 16.8 Å². The molecule has 35 heavy (non-hydrogen) atoms. The summed E-state index contributed by atoms with van der Waals surface area (Å²) in [5.41, 5.74) is 0.996. The normalized spacial score (nSPS) is 18.8. The lowest BCUT2D eigenvalue weighted by atomic mass is 10.0. The fourth-order valence-electron chi connectivity index (χ4n) is 4.91. The van der Waals surface area contributed by atoms with Crippen molar-refractivity contribution < 1.29 is 23.9 Å². The van der Waals surface area contributed by atoms with E-state index in [9.17, 15) is 19.2 Å². The van der Waals surface area contributed by atoms with E-state index in [4.69, 9.17) is 4.74 Å². The summed E-state index contributed by atoms with van der Waals surface area (Å²) >= 11 is 0. The van der Waals surface area contributed by atoms with Crippen LogP contribution in [0.2, 0.25) is 0 Å². The van der Waals surface area contributed by atoms with Gasteiger partial charge in [0.25, 0.3) is 11.8 Å². The first-order valence-electron chi connectivity index (χ1n) is 12.2. The molecule has 4 rings (SSSR count). The Hall–Kier alpha value is -3.68. The molecule has 8 nitrogen and oxygen atoms in total. The number of amides is 4. The van der Waals surface area contributed by atoms with Gasteiger partial charge in [-0.2, -0.15) is 0 Å². The van der Waals surface area contributed by atoms with Crippen LogP contribution in [0.25, 0.3) is 0 Å². The largest absolute Gasteiger partial charge is 0.484 e. The van der Waals surface area contributed by atoms with Gasteiger partial charge in [0, 0.05) is 18.7 Å². The number of hydrogen-bond acceptors (Lipinski definition) is 5. The minimum atomic E-state index is -0.854. The predicted octanol–water partition coefficient (Wildman–Crippen LogP) is 3.91. The zero-order chi connectivity index (χ0) is 24.8.